The Morgan fingerprint density at radius 2 is 2.12 bits per heavy atom. The minimum absolute atomic E-state index is 0.235. The number of nitrogens with zero attached hydrogens (tertiary/aromatic N) is 1. The second-order valence-electron chi connectivity index (χ2n) is 3.55. The second kappa shape index (κ2) is 3.89. The Labute approximate surface area is 92.3 Å². The van der Waals surface area contributed by atoms with Crippen LogP contribution >= 0.6 is 0 Å². The Hall–Kier alpha value is -1.97. The molecule has 1 amide bonds. The number of pyridine rings is 1. The van der Waals surface area contributed by atoms with E-state index in [0.29, 0.717) is 16.5 Å². The number of benzene rings is 1. The van der Waals surface area contributed by atoms with Crippen molar-refractivity contribution < 1.29 is 9.18 Å². The third-order valence-corrected chi connectivity index (χ3v) is 2.37. The summed E-state index contributed by atoms with van der Waals surface area (Å²) in [5, 5.41) is 3.06. The topological polar surface area (TPSA) is 42.0 Å². The van der Waals surface area contributed by atoms with Gasteiger partial charge in [0.2, 0.25) is 0 Å². The average Bonchev–Trinajstić information content (AvgIpc) is 2.27. The number of fused-ring (bicyclic) bond motifs is 1. The highest BCUT2D eigenvalue weighted by molar-refractivity contribution is 6.06. The molecule has 0 aliphatic carbocycles. The standard InChI is InChI=1S/C12H11FN2O/c1-7-5-10(12(16)14-2)9-6-8(13)3-4-11(9)15-7/h3-6H,1-2H3,(H,14,16). The minimum atomic E-state index is -0.372. The summed E-state index contributed by atoms with van der Waals surface area (Å²) in [5.41, 5.74) is 1.81. The number of amides is 1. The van der Waals surface area contributed by atoms with Gasteiger partial charge in [-0.05, 0) is 31.2 Å². The highest BCUT2D eigenvalue weighted by Crippen LogP contribution is 2.19. The maximum atomic E-state index is 13.1. The van der Waals surface area contributed by atoms with Crippen molar-refractivity contribution in [1.82, 2.24) is 10.3 Å². The van der Waals surface area contributed by atoms with Crippen LogP contribution in [0.15, 0.2) is 24.3 Å². The predicted octanol–water partition coefficient (Wildman–Crippen LogP) is 2.04. The van der Waals surface area contributed by atoms with E-state index in [1.807, 2.05) is 0 Å². The van der Waals surface area contributed by atoms with Crippen molar-refractivity contribution in [3.63, 3.8) is 0 Å². The van der Waals surface area contributed by atoms with E-state index in [4.69, 9.17) is 0 Å². The van der Waals surface area contributed by atoms with Crippen LogP contribution in [0, 0.1) is 12.7 Å². The Morgan fingerprint density at radius 1 is 1.38 bits per heavy atom. The fraction of sp³-hybridized carbons (Fsp3) is 0.167. The summed E-state index contributed by atoms with van der Waals surface area (Å²) in [5.74, 6) is -0.607. The van der Waals surface area contributed by atoms with E-state index in [0.717, 1.165) is 5.69 Å². The highest BCUT2D eigenvalue weighted by atomic mass is 19.1. The Kier molecular flexibility index (Phi) is 2.56. The molecule has 2 aromatic rings. The first-order valence-corrected chi connectivity index (χ1v) is 4.91. The van der Waals surface area contributed by atoms with Crippen LogP contribution in [-0.4, -0.2) is 17.9 Å². The van der Waals surface area contributed by atoms with Crippen LogP contribution in [0.3, 0.4) is 0 Å². The number of rotatable bonds is 1. The van der Waals surface area contributed by atoms with Gasteiger partial charge >= 0.3 is 0 Å². The molecule has 1 heterocycles. The molecule has 3 nitrogen and oxygen atoms in total. The molecule has 0 aliphatic heterocycles. The van der Waals surface area contributed by atoms with Crippen LogP contribution in [0.5, 0.6) is 0 Å². The van der Waals surface area contributed by atoms with Crippen LogP contribution in [0.4, 0.5) is 4.39 Å². The molecule has 1 aromatic carbocycles. The molecule has 16 heavy (non-hydrogen) atoms. The lowest BCUT2D eigenvalue weighted by Crippen LogP contribution is -2.18. The molecule has 1 N–H and O–H groups in total. The van der Waals surface area contributed by atoms with Gasteiger partial charge in [-0.2, -0.15) is 0 Å². The van der Waals surface area contributed by atoms with Crippen molar-refractivity contribution in [2.24, 2.45) is 0 Å². The Balaban J connectivity index is 2.79. The van der Waals surface area contributed by atoms with E-state index in [9.17, 15) is 9.18 Å². The molecule has 0 spiro atoms. The van der Waals surface area contributed by atoms with E-state index >= 15 is 0 Å². The molecular weight excluding hydrogens is 207 g/mol. The van der Waals surface area contributed by atoms with E-state index in [2.05, 4.69) is 10.3 Å². The molecule has 1 aromatic heterocycles. The molecule has 0 aliphatic rings. The van der Waals surface area contributed by atoms with Gasteiger partial charge in [0.25, 0.3) is 5.91 Å². The molecule has 0 fully saturated rings. The molecule has 82 valence electrons. The smallest absolute Gasteiger partial charge is 0.251 e. The van der Waals surface area contributed by atoms with Gasteiger partial charge in [-0.25, -0.2) is 4.39 Å². The first-order chi connectivity index (χ1) is 7.61. The number of carbonyl (C=O) groups is 1. The molecule has 2 rings (SSSR count). The lowest BCUT2D eigenvalue weighted by molar-refractivity contribution is 0.0964. The van der Waals surface area contributed by atoms with Crippen molar-refractivity contribution in [3.05, 3.63) is 41.3 Å². The number of hydrogen-bond donors (Lipinski definition) is 1. The number of aromatic nitrogens is 1. The number of carbonyl (C=O) groups excluding carboxylic acids is 1. The zero-order valence-corrected chi connectivity index (χ0v) is 9.04. The van der Waals surface area contributed by atoms with Gasteiger partial charge in [0.1, 0.15) is 5.82 Å². The first kappa shape index (κ1) is 10.5. The molecular formula is C12H11FN2O. The first-order valence-electron chi connectivity index (χ1n) is 4.91. The summed E-state index contributed by atoms with van der Waals surface area (Å²) < 4.78 is 13.1. The van der Waals surface area contributed by atoms with Gasteiger partial charge in [-0.3, -0.25) is 9.78 Å². The third kappa shape index (κ3) is 1.74. The van der Waals surface area contributed by atoms with E-state index < -0.39 is 0 Å². The predicted molar refractivity (Wildman–Crippen MR) is 59.8 cm³/mol. The normalized spacial score (nSPS) is 10.4. The molecule has 0 saturated heterocycles. The molecule has 0 saturated carbocycles. The summed E-state index contributed by atoms with van der Waals surface area (Å²) in [7, 11) is 1.54. The largest absolute Gasteiger partial charge is 0.355 e. The Bertz CT molecular complexity index is 566. The van der Waals surface area contributed by atoms with Crippen molar-refractivity contribution in [2.75, 3.05) is 7.05 Å². The maximum absolute atomic E-state index is 13.1. The van der Waals surface area contributed by atoms with Gasteiger partial charge in [0.15, 0.2) is 0 Å². The minimum Gasteiger partial charge on any atom is -0.355 e. The van der Waals surface area contributed by atoms with E-state index in [-0.39, 0.29) is 11.7 Å². The Morgan fingerprint density at radius 3 is 2.81 bits per heavy atom. The molecule has 0 radical (unpaired) electrons. The summed E-state index contributed by atoms with van der Waals surface area (Å²) in [6.07, 6.45) is 0. The SMILES string of the molecule is CNC(=O)c1cc(C)nc2ccc(F)cc12. The lowest BCUT2D eigenvalue weighted by Gasteiger charge is -2.06. The zero-order chi connectivity index (χ0) is 11.7. The highest BCUT2D eigenvalue weighted by Gasteiger charge is 2.10. The van der Waals surface area contributed by atoms with Crippen LogP contribution in [-0.2, 0) is 0 Å². The number of nitrogens with one attached hydrogen (secondary N) is 1. The molecule has 4 heteroatoms. The summed E-state index contributed by atoms with van der Waals surface area (Å²) in [4.78, 5) is 15.9. The monoisotopic (exact) mass is 218 g/mol. The van der Waals surface area contributed by atoms with Gasteiger partial charge in [0.05, 0.1) is 11.1 Å². The van der Waals surface area contributed by atoms with Gasteiger partial charge in [-0.15, -0.1) is 0 Å². The fourth-order valence-corrected chi connectivity index (χ4v) is 1.65. The van der Waals surface area contributed by atoms with Crippen molar-refractivity contribution in [1.29, 1.82) is 0 Å². The van der Waals surface area contributed by atoms with Gasteiger partial charge < -0.3 is 5.32 Å². The summed E-state index contributed by atoms with van der Waals surface area (Å²) in [6, 6.07) is 5.89. The van der Waals surface area contributed by atoms with Crippen molar-refractivity contribution >= 4 is 16.8 Å². The van der Waals surface area contributed by atoms with E-state index in [1.54, 1.807) is 26.1 Å². The molecule has 0 bridgehead atoms. The molecule has 0 atom stereocenters. The number of hydrogen-bond acceptors (Lipinski definition) is 2. The van der Waals surface area contributed by atoms with Crippen molar-refractivity contribution in [3.8, 4) is 0 Å². The van der Waals surface area contributed by atoms with E-state index in [1.165, 1.54) is 12.1 Å². The third-order valence-electron chi connectivity index (χ3n) is 2.37. The van der Waals surface area contributed by atoms with Crippen molar-refractivity contribution in [2.45, 2.75) is 6.92 Å². The van der Waals surface area contributed by atoms with Crippen LogP contribution in [0.25, 0.3) is 10.9 Å². The van der Waals surface area contributed by atoms with Crippen LogP contribution in [0.2, 0.25) is 0 Å². The lowest BCUT2D eigenvalue weighted by atomic mass is 10.1. The average molecular weight is 218 g/mol. The quantitative estimate of drug-likeness (QED) is 0.795. The summed E-state index contributed by atoms with van der Waals surface area (Å²) in [6.45, 7) is 1.80. The fourth-order valence-electron chi connectivity index (χ4n) is 1.65. The zero-order valence-electron chi connectivity index (χ0n) is 9.04. The number of aryl methyl sites for hydroxylation is 1. The maximum Gasteiger partial charge on any atom is 0.251 e. The number of halogens is 1. The summed E-state index contributed by atoms with van der Waals surface area (Å²) >= 11 is 0. The van der Waals surface area contributed by atoms with Crippen LogP contribution in [0.1, 0.15) is 16.1 Å². The second-order valence-corrected chi connectivity index (χ2v) is 3.55. The van der Waals surface area contributed by atoms with Gasteiger partial charge in [-0.1, -0.05) is 0 Å². The van der Waals surface area contributed by atoms with Crippen LogP contribution < -0.4 is 5.32 Å². The van der Waals surface area contributed by atoms with Gasteiger partial charge in [0, 0.05) is 18.1 Å². The molecule has 0 unspecified atom stereocenters.